The Kier molecular flexibility index (Phi) is 6.14. The maximum absolute atomic E-state index is 11.8. The lowest BCUT2D eigenvalue weighted by Crippen LogP contribution is -2.42. The summed E-state index contributed by atoms with van der Waals surface area (Å²) in [6.45, 7) is 3.56. The van der Waals surface area contributed by atoms with Crippen LogP contribution in [0.25, 0.3) is 0 Å². The number of benzene rings is 1. The first kappa shape index (κ1) is 16.1. The van der Waals surface area contributed by atoms with Gasteiger partial charge in [0.25, 0.3) is 0 Å². The van der Waals surface area contributed by atoms with Crippen LogP contribution in [-0.4, -0.2) is 40.8 Å². The van der Waals surface area contributed by atoms with Gasteiger partial charge in [0.1, 0.15) is 6.04 Å². The van der Waals surface area contributed by atoms with Crippen LogP contribution in [0.15, 0.2) is 24.3 Å². The number of carboxylic acid groups (broad SMARTS) is 1. The number of anilines is 1. The van der Waals surface area contributed by atoms with Crippen LogP contribution in [0.1, 0.15) is 18.9 Å². The second-order valence-corrected chi connectivity index (χ2v) is 4.77. The van der Waals surface area contributed by atoms with Crippen molar-refractivity contribution in [3.8, 4) is 0 Å². The van der Waals surface area contributed by atoms with Crippen LogP contribution in [-0.2, 0) is 9.59 Å². The molecule has 0 bridgehead atoms. The molecule has 0 radical (unpaired) electrons. The van der Waals surface area contributed by atoms with Gasteiger partial charge in [-0.1, -0.05) is 12.1 Å². The molecule has 1 rings (SSSR count). The number of carbonyl (C=O) groups excluding carboxylic acids is 1. The van der Waals surface area contributed by atoms with Gasteiger partial charge < -0.3 is 20.8 Å². The molecule has 6 heteroatoms. The average Bonchev–Trinajstić information content (AvgIpc) is 2.33. The smallest absolute Gasteiger partial charge is 0.321 e. The third-order valence-corrected chi connectivity index (χ3v) is 2.65. The summed E-state index contributed by atoms with van der Waals surface area (Å²) in [7, 11) is 0. The molecule has 2 unspecified atom stereocenters. The largest absolute Gasteiger partial charge is 0.480 e. The van der Waals surface area contributed by atoms with Crippen LogP contribution in [0.2, 0.25) is 0 Å². The van der Waals surface area contributed by atoms with Crippen molar-refractivity contribution in [2.75, 3.05) is 11.9 Å². The number of rotatable bonds is 7. The van der Waals surface area contributed by atoms with Crippen molar-refractivity contribution in [1.82, 2.24) is 5.32 Å². The van der Waals surface area contributed by atoms with Gasteiger partial charge in [0.15, 0.2) is 0 Å². The molecule has 1 aromatic rings. The summed E-state index contributed by atoms with van der Waals surface area (Å²) < 4.78 is 0. The molecule has 0 aliphatic rings. The topological polar surface area (TPSA) is 98.7 Å². The van der Waals surface area contributed by atoms with Crippen molar-refractivity contribution in [1.29, 1.82) is 0 Å². The number of hydrogen-bond donors (Lipinski definition) is 4. The van der Waals surface area contributed by atoms with E-state index >= 15 is 0 Å². The summed E-state index contributed by atoms with van der Waals surface area (Å²) >= 11 is 0. The van der Waals surface area contributed by atoms with Crippen LogP contribution in [0, 0.1) is 6.92 Å². The molecule has 20 heavy (non-hydrogen) atoms. The number of aliphatic carboxylic acids is 1. The second kappa shape index (κ2) is 7.62. The number of aliphatic hydroxyl groups excluding tert-OH is 1. The molecule has 0 fully saturated rings. The third-order valence-electron chi connectivity index (χ3n) is 2.65. The highest BCUT2D eigenvalue weighted by Gasteiger charge is 2.21. The minimum atomic E-state index is -1.12. The lowest BCUT2D eigenvalue weighted by atomic mass is 10.1. The van der Waals surface area contributed by atoms with Crippen molar-refractivity contribution < 1.29 is 19.8 Å². The highest BCUT2D eigenvalue weighted by Crippen LogP contribution is 2.10. The number of carbonyl (C=O) groups is 2. The lowest BCUT2D eigenvalue weighted by Gasteiger charge is -2.15. The van der Waals surface area contributed by atoms with Gasteiger partial charge in [-0.2, -0.15) is 0 Å². The predicted octanol–water partition coefficient (Wildman–Crippen LogP) is 0.747. The Morgan fingerprint density at radius 2 is 2.05 bits per heavy atom. The lowest BCUT2D eigenvalue weighted by molar-refractivity contribution is -0.141. The minimum absolute atomic E-state index is 0.120. The summed E-state index contributed by atoms with van der Waals surface area (Å²) in [6, 6.07) is 6.24. The summed E-state index contributed by atoms with van der Waals surface area (Å²) in [5.74, 6) is -1.51. The maximum atomic E-state index is 11.8. The zero-order valence-corrected chi connectivity index (χ0v) is 11.6. The van der Waals surface area contributed by atoms with E-state index in [1.165, 1.54) is 0 Å². The minimum Gasteiger partial charge on any atom is -0.480 e. The van der Waals surface area contributed by atoms with Crippen LogP contribution in [0.5, 0.6) is 0 Å². The van der Waals surface area contributed by atoms with Gasteiger partial charge >= 0.3 is 5.97 Å². The van der Waals surface area contributed by atoms with E-state index in [0.29, 0.717) is 5.69 Å². The van der Waals surface area contributed by atoms with Crippen LogP contribution in [0.3, 0.4) is 0 Å². The van der Waals surface area contributed by atoms with E-state index in [2.05, 4.69) is 10.6 Å². The number of hydrogen-bond acceptors (Lipinski definition) is 4. The molecule has 0 spiro atoms. The van der Waals surface area contributed by atoms with Crippen LogP contribution >= 0.6 is 0 Å². The Hall–Kier alpha value is -1.92. The third kappa shape index (κ3) is 5.81. The van der Waals surface area contributed by atoms with E-state index in [-0.39, 0.29) is 18.9 Å². The monoisotopic (exact) mass is 280 g/mol. The molecular formula is C14H20N2O4. The fraction of sp³-hybridized carbons (Fsp3) is 0.429. The number of carboxylic acids is 1. The van der Waals surface area contributed by atoms with Gasteiger partial charge in [0.05, 0.1) is 12.5 Å². The number of nitrogens with one attached hydrogen (secondary N) is 2. The first-order chi connectivity index (χ1) is 9.38. The normalized spacial score (nSPS) is 13.6. The van der Waals surface area contributed by atoms with Gasteiger partial charge in [-0.05, 0) is 31.5 Å². The molecule has 0 aliphatic carbocycles. The number of aliphatic hydroxyl groups is 1. The molecule has 0 saturated heterocycles. The molecule has 6 nitrogen and oxygen atoms in total. The van der Waals surface area contributed by atoms with Gasteiger partial charge in [0, 0.05) is 12.2 Å². The number of amides is 1. The fourth-order valence-corrected chi connectivity index (χ4v) is 1.68. The van der Waals surface area contributed by atoms with Crippen molar-refractivity contribution >= 4 is 17.6 Å². The molecule has 4 N–H and O–H groups in total. The summed E-state index contributed by atoms with van der Waals surface area (Å²) in [5, 5.41) is 23.4. The van der Waals surface area contributed by atoms with E-state index in [9.17, 15) is 9.59 Å². The molecule has 0 saturated carbocycles. The van der Waals surface area contributed by atoms with Gasteiger partial charge in [-0.3, -0.25) is 9.59 Å². The van der Waals surface area contributed by atoms with Crippen LogP contribution in [0.4, 0.5) is 5.69 Å². The van der Waals surface area contributed by atoms with Gasteiger partial charge in [-0.15, -0.1) is 0 Å². The Bertz CT molecular complexity index is 474. The van der Waals surface area contributed by atoms with E-state index in [1.807, 2.05) is 19.1 Å². The molecule has 0 aromatic heterocycles. The fourth-order valence-electron chi connectivity index (χ4n) is 1.68. The van der Waals surface area contributed by atoms with Crippen molar-refractivity contribution in [2.24, 2.45) is 0 Å². The molecular weight excluding hydrogens is 260 g/mol. The zero-order chi connectivity index (χ0) is 15.1. The summed E-state index contributed by atoms with van der Waals surface area (Å²) in [6.07, 6.45) is -0.868. The number of aryl methyl sites for hydroxylation is 1. The van der Waals surface area contributed by atoms with Crippen molar-refractivity contribution in [2.45, 2.75) is 32.4 Å². The van der Waals surface area contributed by atoms with E-state index in [4.69, 9.17) is 10.2 Å². The molecule has 2 atom stereocenters. The SMILES string of the molecule is Cc1cccc(NC(=O)CC(NCC(C)O)C(=O)O)c1. The molecule has 0 heterocycles. The second-order valence-electron chi connectivity index (χ2n) is 4.77. The van der Waals surface area contributed by atoms with Gasteiger partial charge in [-0.25, -0.2) is 0 Å². The quantitative estimate of drug-likeness (QED) is 0.590. The Morgan fingerprint density at radius 3 is 2.60 bits per heavy atom. The highest BCUT2D eigenvalue weighted by molar-refractivity contribution is 5.94. The standard InChI is InChI=1S/C14H20N2O4/c1-9-4-3-5-11(6-9)16-13(18)7-12(14(19)20)15-8-10(2)17/h3-6,10,12,15,17H,7-8H2,1-2H3,(H,16,18)(H,19,20). The predicted molar refractivity (Wildman–Crippen MR) is 75.5 cm³/mol. The first-order valence-corrected chi connectivity index (χ1v) is 6.39. The maximum Gasteiger partial charge on any atom is 0.321 e. The molecule has 110 valence electrons. The average molecular weight is 280 g/mol. The molecule has 1 amide bonds. The summed E-state index contributed by atoms with van der Waals surface area (Å²) in [4.78, 5) is 22.8. The van der Waals surface area contributed by atoms with E-state index in [0.717, 1.165) is 5.56 Å². The van der Waals surface area contributed by atoms with Gasteiger partial charge in [0.2, 0.25) is 5.91 Å². The van der Waals surface area contributed by atoms with Crippen molar-refractivity contribution in [3.05, 3.63) is 29.8 Å². The molecule has 0 aliphatic heterocycles. The first-order valence-electron chi connectivity index (χ1n) is 6.39. The summed E-state index contributed by atoms with van der Waals surface area (Å²) in [5.41, 5.74) is 1.64. The van der Waals surface area contributed by atoms with Crippen molar-refractivity contribution in [3.63, 3.8) is 0 Å². The Morgan fingerprint density at radius 1 is 1.35 bits per heavy atom. The Balaban J connectivity index is 2.55. The zero-order valence-electron chi connectivity index (χ0n) is 11.6. The van der Waals surface area contributed by atoms with Crippen LogP contribution < -0.4 is 10.6 Å². The Labute approximate surface area is 117 Å². The molecule has 1 aromatic carbocycles. The van der Waals surface area contributed by atoms with E-state index in [1.54, 1.807) is 19.1 Å². The van der Waals surface area contributed by atoms with E-state index < -0.39 is 18.1 Å². The highest BCUT2D eigenvalue weighted by atomic mass is 16.4.